The van der Waals surface area contributed by atoms with E-state index in [1.54, 1.807) is 36.0 Å². The average molecular weight is 431 g/mol. The van der Waals surface area contributed by atoms with Gasteiger partial charge in [0.15, 0.2) is 10.9 Å². The molecule has 1 aromatic carbocycles. The summed E-state index contributed by atoms with van der Waals surface area (Å²) in [6.45, 7) is 4.06. The fraction of sp³-hybridized carbons (Fsp3) is 0.438. The molecule has 8 nitrogen and oxygen atoms in total. The van der Waals surface area contributed by atoms with Crippen molar-refractivity contribution in [3.63, 3.8) is 0 Å². The molecule has 0 atom stereocenters. The topological polar surface area (TPSA) is 101 Å². The van der Waals surface area contributed by atoms with Gasteiger partial charge in [0.2, 0.25) is 15.2 Å². The standard InChI is InChI=1S/C16H22N4O4S3/c1-11(2)10-25-16-19-18-15(26-16)17-14(21)9-24-13-7-5-12(6-8-13)20(3)27(4,22)23/h5-8,11H,9-10H2,1-4H3,(H,17,18,21). The van der Waals surface area contributed by atoms with Crippen molar-refractivity contribution >= 4 is 49.8 Å². The van der Waals surface area contributed by atoms with Crippen molar-refractivity contribution in [2.24, 2.45) is 5.92 Å². The van der Waals surface area contributed by atoms with Crippen molar-refractivity contribution in [2.75, 3.05) is 35.3 Å². The molecule has 0 saturated carbocycles. The molecule has 27 heavy (non-hydrogen) atoms. The van der Waals surface area contributed by atoms with Gasteiger partial charge in [0.05, 0.1) is 11.9 Å². The maximum absolute atomic E-state index is 12.0. The van der Waals surface area contributed by atoms with Crippen LogP contribution in [0, 0.1) is 5.92 Å². The second-order valence-electron chi connectivity index (χ2n) is 6.14. The number of benzene rings is 1. The molecule has 0 bridgehead atoms. The highest BCUT2D eigenvalue weighted by Gasteiger charge is 2.12. The molecule has 0 saturated heterocycles. The number of sulfonamides is 1. The minimum atomic E-state index is -3.32. The van der Waals surface area contributed by atoms with Gasteiger partial charge in [-0.05, 0) is 30.2 Å². The van der Waals surface area contributed by atoms with Crippen LogP contribution in [-0.2, 0) is 14.8 Å². The van der Waals surface area contributed by atoms with E-state index in [0.717, 1.165) is 20.7 Å². The predicted octanol–water partition coefficient (Wildman–Crippen LogP) is 2.70. The zero-order chi connectivity index (χ0) is 20.0. The predicted molar refractivity (Wildman–Crippen MR) is 109 cm³/mol. The Morgan fingerprint density at radius 2 is 1.96 bits per heavy atom. The number of thioether (sulfide) groups is 1. The number of carbonyl (C=O) groups excluding carboxylic acids is 1. The lowest BCUT2D eigenvalue weighted by molar-refractivity contribution is -0.118. The molecule has 1 aromatic heterocycles. The van der Waals surface area contributed by atoms with Crippen molar-refractivity contribution < 1.29 is 17.9 Å². The van der Waals surface area contributed by atoms with E-state index in [1.807, 2.05) is 0 Å². The quantitative estimate of drug-likeness (QED) is 0.482. The third-order valence-corrected chi connectivity index (χ3v) is 6.87. The lowest BCUT2D eigenvalue weighted by atomic mass is 10.3. The molecule has 11 heteroatoms. The van der Waals surface area contributed by atoms with Crippen LogP contribution in [0.4, 0.5) is 10.8 Å². The van der Waals surface area contributed by atoms with Crippen LogP contribution in [0.5, 0.6) is 5.75 Å². The Bertz CT molecular complexity index is 866. The number of hydrogen-bond acceptors (Lipinski definition) is 8. The van der Waals surface area contributed by atoms with Crippen LogP contribution in [0.2, 0.25) is 0 Å². The zero-order valence-corrected chi connectivity index (χ0v) is 17.9. The summed E-state index contributed by atoms with van der Waals surface area (Å²) < 4.78 is 30.4. The highest BCUT2D eigenvalue weighted by Crippen LogP contribution is 2.27. The first-order valence-electron chi connectivity index (χ1n) is 8.08. The number of amides is 1. The van der Waals surface area contributed by atoms with Gasteiger partial charge in [-0.1, -0.05) is 36.9 Å². The fourth-order valence-electron chi connectivity index (χ4n) is 1.80. The van der Waals surface area contributed by atoms with Gasteiger partial charge < -0.3 is 4.74 Å². The summed E-state index contributed by atoms with van der Waals surface area (Å²) in [6, 6.07) is 6.43. The summed E-state index contributed by atoms with van der Waals surface area (Å²) >= 11 is 2.93. The molecule has 148 valence electrons. The largest absolute Gasteiger partial charge is 0.484 e. The monoisotopic (exact) mass is 430 g/mol. The normalized spacial score (nSPS) is 11.4. The van der Waals surface area contributed by atoms with E-state index in [1.165, 1.54) is 18.4 Å². The van der Waals surface area contributed by atoms with E-state index < -0.39 is 10.0 Å². The fourth-order valence-corrected chi connectivity index (χ4v) is 4.05. The second-order valence-corrected chi connectivity index (χ2v) is 10.4. The third-order valence-electron chi connectivity index (χ3n) is 3.26. The molecule has 0 unspecified atom stereocenters. The van der Waals surface area contributed by atoms with E-state index in [2.05, 4.69) is 29.4 Å². The van der Waals surface area contributed by atoms with Crippen molar-refractivity contribution in [2.45, 2.75) is 18.2 Å². The first-order valence-corrected chi connectivity index (χ1v) is 11.7. The van der Waals surface area contributed by atoms with E-state index in [9.17, 15) is 13.2 Å². The third kappa shape index (κ3) is 7.00. The van der Waals surface area contributed by atoms with E-state index in [0.29, 0.717) is 22.5 Å². The Kier molecular flexibility index (Phi) is 7.45. The van der Waals surface area contributed by atoms with E-state index in [-0.39, 0.29) is 12.5 Å². The second kappa shape index (κ2) is 9.38. The van der Waals surface area contributed by atoms with Gasteiger partial charge in [-0.3, -0.25) is 14.4 Å². The molecule has 1 heterocycles. The molecule has 0 aliphatic rings. The number of rotatable bonds is 9. The summed E-state index contributed by atoms with van der Waals surface area (Å²) in [6.07, 6.45) is 1.13. The number of ether oxygens (including phenoxy) is 1. The van der Waals surface area contributed by atoms with Crippen LogP contribution in [-0.4, -0.2) is 50.2 Å². The molecule has 2 rings (SSSR count). The maximum atomic E-state index is 12.0. The van der Waals surface area contributed by atoms with Gasteiger partial charge in [-0.15, -0.1) is 10.2 Å². The van der Waals surface area contributed by atoms with Gasteiger partial charge in [0, 0.05) is 12.8 Å². The molecule has 0 aliphatic heterocycles. The van der Waals surface area contributed by atoms with E-state index in [4.69, 9.17) is 4.74 Å². The number of nitrogens with one attached hydrogen (secondary N) is 1. The SMILES string of the molecule is CC(C)CSc1nnc(NC(=O)COc2ccc(N(C)S(C)(=O)=O)cc2)s1. The molecular weight excluding hydrogens is 408 g/mol. The minimum absolute atomic E-state index is 0.185. The number of anilines is 2. The van der Waals surface area contributed by atoms with Crippen molar-refractivity contribution in [1.82, 2.24) is 10.2 Å². The molecule has 0 fully saturated rings. The summed E-state index contributed by atoms with van der Waals surface area (Å²) in [5.41, 5.74) is 0.509. The first-order chi connectivity index (χ1) is 12.6. The summed E-state index contributed by atoms with van der Waals surface area (Å²) in [4.78, 5) is 12.0. The number of hydrogen-bond donors (Lipinski definition) is 1. The molecule has 1 N–H and O–H groups in total. The van der Waals surface area contributed by atoms with Gasteiger partial charge in [0.25, 0.3) is 5.91 Å². The number of nitrogens with zero attached hydrogens (tertiary/aromatic N) is 3. The van der Waals surface area contributed by atoms with Gasteiger partial charge in [0.1, 0.15) is 5.75 Å². The Hall–Kier alpha value is -1.85. The van der Waals surface area contributed by atoms with Gasteiger partial charge in [-0.25, -0.2) is 8.42 Å². The van der Waals surface area contributed by atoms with E-state index >= 15 is 0 Å². The van der Waals surface area contributed by atoms with Crippen LogP contribution < -0.4 is 14.4 Å². The van der Waals surface area contributed by atoms with Crippen LogP contribution in [0.3, 0.4) is 0 Å². The summed E-state index contributed by atoms with van der Waals surface area (Å²) in [5, 5.41) is 11.0. The van der Waals surface area contributed by atoms with Crippen molar-refractivity contribution in [1.29, 1.82) is 0 Å². The maximum Gasteiger partial charge on any atom is 0.264 e. The molecule has 2 aromatic rings. The minimum Gasteiger partial charge on any atom is -0.484 e. The molecule has 0 radical (unpaired) electrons. The van der Waals surface area contributed by atoms with Crippen LogP contribution in [0.15, 0.2) is 28.6 Å². The Morgan fingerprint density at radius 3 is 2.56 bits per heavy atom. The highest BCUT2D eigenvalue weighted by atomic mass is 32.2. The number of carbonyl (C=O) groups is 1. The molecular formula is C16H22N4O4S3. The first kappa shape index (κ1) is 21.5. The van der Waals surface area contributed by atoms with Crippen LogP contribution in [0.1, 0.15) is 13.8 Å². The van der Waals surface area contributed by atoms with Gasteiger partial charge in [-0.2, -0.15) is 0 Å². The van der Waals surface area contributed by atoms with Crippen molar-refractivity contribution in [3.8, 4) is 5.75 Å². The number of aromatic nitrogens is 2. The molecule has 0 spiro atoms. The zero-order valence-electron chi connectivity index (χ0n) is 15.5. The van der Waals surface area contributed by atoms with Crippen LogP contribution in [0.25, 0.3) is 0 Å². The Labute approximate surface area is 167 Å². The summed E-state index contributed by atoms with van der Waals surface area (Å²) in [5.74, 6) is 1.61. The Morgan fingerprint density at radius 1 is 1.30 bits per heavy atom. The Balaban J connectivity index is 1.83. The molecule has 1 amide bonds. The lowest BCUT2D eigenvalue weighted by Gasteiger charge is -2.16. The molecule has 0 aliphatic carbocycles. The average Bonchev–Trinajstić information content (AvgIpc) is 3.04. The van der Waals surface area contributed by atoms with Crippen molar-refractivity contribution in [3.05, 3.63) is 24.3 Å². The smallest absolute Gasteiger partial charge is 0.264 e. The van der Waals surface area contributed by atoms with Crippen LogP contribution >= 0.6 is 23.1 Å². The lowest BCUT2D eigenvalue weighted by Crippen LogP contribution is -2.24. The highest BCUT2D eigenvalue weighted by molar-refractivity contribution is 8.01. The van der Waals surface area contributed by atoms with Gasteiger partial charge >= 0.3 is 0 Å². The summed E-state index contributed by atoms with van der Waals surface area (Å²) in [7, 11) is -1.85.